The van der Waals surface area contributed by atoms with E-state index in [4.69, 9.17) is 0 Å². The Labute approximate surface area is 355 Å². The highest BCUT2D eigenvalue weighted by Crippen LogP contribution is 2.39. The van der Waals surface area contributed by atoms with Crippen molar-refractivity contribution in [2.45, 2.75) is 85.5 Å². The Balaban J connectivity index is 0.000000140. The molecule has 12 heteroatoms. The van der Waals surface area contributed by atoms with E-state index in [0.29, 0.717) is 17.1 Å². The van der Waals surface area contributed by atoms with Gasteiger partial charge in [-0.15, -0.1) is 45.0 Å². The SMILES string of the molecule is CC(C)(C)c1cc(-n2nc3ccccc3n2)c(O)c(C(C)(C)C)c1.CC(C)(C)c1ccc(O)c(-n2nc3ccccc3n2)c1.Cc1ccc(O)c(-n2nc3ccccc3n2)c1. The molecule has 0 aliphatic heterocycles. The Morgan fingerprint density at radius 2 is 0.721 bits per heavy atom. The van der Waals surface area contributed by atoms with Crippen molar-refractivity contribution in [3.8, 4) is 34.3 Å². The van der Waals surface area contributed by atoms with Crippen molar-refractivity contribution in [3.05, 3.63) is 144 Å². The normalized spacial score (nSPS) is 12.0. The highest BCUT2D eigenvalue weighted by Gasteiger charge is 2.26. The molecular weight excluding hydrogens is 763 g/mol. The minimum absolute atomic E-state index is 0.00895. The summed E-state index contributed by atoms with van der Waals surface area (Å²) in [6.07, 6.45) is 0. The first-order valence-electron chi connectivity index (χ1n) is 20.2. The van der Waals surface area contributed by atoms with Gasteiger partial charge in [-0.25, -0.2) is 0 Å². The Morgan fingerprint density at radius 1 is 0.377 bits per heavy atom. The molecule has 0 aliphatic rings. The maximum absolute atomic E-state index is 10.9. The van der Waals surface area contributed by atoms with Crippen LogP contribution in [0.4, 0.5) is 0 Å². The van der Waals surface area contributed by atoms with Crippen LogP contribution in [0.5, 0.6) is 17.2 Å². The van der Waals surface area contributed by atoms with Crippen molar-refractivity contribution >= 4 is 33.1 Å². The summed E-state index contributed by atoms with van der Waals surface area (Å²) in [5, 5.41) is 57.3. The number of benzene rings is 6. The van der Waals surface area contributed by atoms with Gasteiger partial charge in [-0.3, -0.25) is 0 Å². The molecule has 0 amide bonds. The van der Waals surface area contributed by atoms with E-state index in [-0.39, 0.29) is 33.5 Å². The van der Waals surface area contributed by atoms with Gasteiger partial charge in [-0.2, -0.15) is 0 Å². The monoisotopic (exact) mass is 815 g/mol. The Kier molecular flexibility index (Phi) is 11.2. The molecule has 3 aromatic heterocycles. The molecule has 0 atom stereocenters. The summed E-state index contributed by atoms with van der Waals surface area (Å²) in [5.41, 5.74) is 10.8. The molecule has 0 radical (unpaired) electrons. The van der Waals surface area contributed by atoms with E-state index in [1.807, 2.05) is 110 Å². The fourth-order valence-corrected chi connectivity index (χ4v) is 6.62. The molecule has 3 heterocycles. The molecule has 0 fully saturated rings. The van der Waals surface area contributed by atoms with Gasteiger partial charge in [-0.1, -0.05) is 117 Å². The number of rotatable bonds is 3. The van der Waals surface area contributed by atoms with Crippen LogP contribution in [0.3, 0.4) is 0 Å². The fourth-order valence-electron chi connectivity index (χ4n) is 6.62. The second-order valence-corrected chi connectivity index (χ2v) is 18.3. The van der Waals surface area contributed by atoms with Gasteiger partial charge in [0.25, 0.3) is 0 Å². The number of nitrogens with zero attached hydrogens (tertiary/aromatic N) is 9. The number of aryl methyl sites for hydroxylation is 1. The lowest BCUT2D eigenvalue weighted by Crippen LogP contribution is -2.18. The molecule has 0 bridgehead atoms. The molecule has 312 valence electrons. The highest BCUT2D eigenvalue weighted by molar-refractivity contribution is 5.75. The Bertz CT molecular complexity index is 2900. The molecule has 3 N–H and O–H groups in total. The van der Waals surface area contributed by atoms with Gasteiger partial charge in [0.2, 0.25) is 0 Å². The standard InChI is InChI=1S/C20H25N3O.C16H17N3O.C13H11N3O/c1-19(2,3)13-11-14(20(4,5)6)18(24)17(12-13)23-21-15-9-7-8-10-16(15)22-23;1-16(2,3)11-8-9-15(20)14(10-11)19-17-12-6-4-5-7-13(12)18-19;1-9-6-7-13(17)12(8-9)16-14-10-4-2-3-5-11(10)15-16/h7-12,24H,1-6H3;4-10,20H,1-3H3;2-8,17H,1H3. The van der Waals surface area contributed by atoms with E-state index in [1.165, 1.54) is 9.59 Å². The van der Waals surface area contributed by atoms with Gasteiger partial charge in [-0.05, 0) is 107 Å². The van der Waals surface area contributed by atoms with E-state index in [9.17, 15) is 15.3 Å². The smallest absolute Gasteiger partial charge is 0.146 e. The maximum Gasteiger partial charge on any atom is 0.146 e. The van der Waals surface area contributed by atoms with Crippen molar-refractivity contribution in [2.75, 3.05) is 0 Å². The maximum atomic E-state index is 10.9. The lowest BCUT2D eigenvalue weighted by Gasteiger charge is -2.27. The zero-order valence-corrected chi connectivity index (χ0v) is 36.4. The third kappa shape index (κ3) is 9.23. The lowest BCUT2D eigenvalue weighted by molar-refractivity contribution is 0.438. The fraction of sp³-hybridized carbons (Fsp3) is 0.265. The van der Waals surface area contributed by atoms with E-state index in [0.717, 1.165) is 55.4 Å². The van der Waals surface area contributed by atoms with Gasteiger partial charge >= 0.3 is 0 Å². The number of phenolic OH excluding ortho intramolecular Hbond substituents is 3. The Morgan fingerprint density at radius 3 is 1.10 bits per heavy atom. The second kappa shape index (κ2) is 16.2. The molecule has 0 unspecified atom stereocenters. The summed E-state index contributed by atoms with van der Waals surface area (Å²) in [4.78, 5) is 4.51. The van der Waals surface area contributed by atoms with Gasteiger partial charge in [0.1, 0.15) is 67.4 Å². The molecule has 0 aliphatic carbocycles. The minimum atomic E-state index is -0.174. The Hall–Kier alpha value is -7.08. The number of aromatic nitrogens is 9. The van der Waals surface area contributed by atoms with Crippen LogP contribution in [-0.4, -0.2) is 60.3 Å². The summed E-state index contributed by atoms with van der Waals surface area (Å²) >= 11 is 0. The van der Waals surface area contributed by atoms with Crippen LogP contribution in [0.15, 0.2) is 121 Å². The van der Waals surface area contributed by atoms with Gasteiger partial charge < -0.3 is 15.3 Å². The quantitative estimate of drug-likeness (QED) is 0.158. The first kappa shape index (κ1) is 42.1. The largest absolute Gasteiger partial charge is 0.506 e. The summed E-state index contributed by atoms with van der Waals surface area (Å²) < 4.78 is 0. The van der Waals surface area contributed by atoms with E-state index in [2.05, 4.69) is 99.0 Å². The van der Waals surface area contributed by atoms with Gasteiger partial charge in [0.05, 0.1) is 0 Å². The van der Waals surface area contributed by atoms with Gasteiger partial charge in [0.15, 0.2) is 0 Å². The molecular formula is C49H53N9O3. The lowest BCUT2D eigenvalue weighted by atomic mass is 9.80. The van der Waals surface area contributed by atoms with Crippen molar-refractivity contribution in [2.24, 2.45) is 0 Å². The summed E-state index contributed by atoms with van der Waals surface area (Å²) in [6.45, 7) is 21.2. The van der Waals surface area contributed by atoms with E-state index >= 15 is 0 Å². The number of hydrogen-bond donors (Lipinski definition) is 3. The summed E-state index contributed by atoms with van der Waals surface area (Å²) in [6, 6.07) is 38.0. The molecule has 9 aromatic rings. The van der Waals surface area contributed by atoms with Crippen molar-refractivity contribution in [1.82, 2.24) is 45.0 Å². The molecule has 6 aromatic carbocycles. The summed E-state index contributed by atoms with van der Waals surface area (Å²) in [5.74, 6) is 0.602. The third-order valence-electron chi connectivity index (χ3n) is 10.2. The van der Waals surface area contributed by atoms with Gasteiger partial charge in [0, 0.05) is 5.56 Å². The number of hydrogen-bond acceptors (Lipinski definition) is 9. The molecule has 9 rings (SSSR count). The number of phenols is 3. The predicted molar refractivity (Wildman–Crippen MR) is 242 cm³/mol. The van der Waals surface area contributed by atoms with Crippen LogP contribution >= 0.6 is 0 Å². The molecule has 0 saturated carbocycles. The van der Waals surface area contributed by atoms with Crippen LogP contribution in [0.25, 0.3) is 50.2 Å². The molecule has 12 nitrogen and oxygen atoms in total. The molecule has 0 saturated heterocycles. The average Bonchev–Trinajstić information content (AvgIpc) is 3.95. The number of aromatic hydroxyl groups is 3. The minimum Gasteiger partial charge on any atom is -0.506 e. The van der Waals surface area contributed by atoms with Crippen molar-refractivity contribution < 1.29 is 15.3 Å². The second-order valence-electron chi connectivity index (χ2n) is 18.3. The predicted octanol–water partition coefficient (Wildman–Crippen LogP) is 10.6. The molecule has 61 heavy (non-hydrogen) atoms. The van der Waals surface area contributed by atoms with Crippen LogP contribution < -0.4 is 0 Å². The molecule has 0 spiro atoms. The number of fused-ring (bicyclic) bond motifs is 3. The zero-order chi connectivity index (χ0) is 43.9. The van der Waals surface area contributed by atoms with Crippen molar-refractivity contribution in [1.29, 1.82) is 0 Å². The van der Waals surface area contributed by atoms with E-state index in [1.54, 1.807) is 16.9 Å². The van der Waals surface area contributed by atoms with Crippen LogP contribution in [-0.2, 0) is 16.2 Å². The average molecular weight is 816 g/mol. The van der Waals surface area contributed by atoms with Crippen LogP contribution in [0.2, 0.25) is 0 Å². The first-order chi connectivity index (χ1) is 28.8. The van der Waals surface area contributed by atoms with Crippen LogP contribution in [0, 0.1) is 6.92 Å². The topological polar surface area (TPSA) is 153 Å². The third-order valence-corrected chi connectivity index (χ3v) is 10.2. The first-order valence-corrected chi connectivity index (χ1v) is 20.2. The van der Waals surface area contributed by atoms with E-state index < -0.39 is 0 Å². The highest BCUT2D eigenvalue weighted by atomic mass is 16.3. The van der Waals surface area contributed by atoms with Crippen molar-refractivity contribution in [3.63, 3.8) is 0 Å². The van der Waals surface area contributed by atoms with Crippen LogP contribution in [0.1, 0.15) is 84.6 Å². The zero-order valence-electron chi connectivity index (χ0n) is 36.4. The summed E-state index contributed by atoms with van der Waals surface area (Å²) in [7, 11) is 0.